The van der Waals surface area contributed by atoms with Gasteiger partial charge in [0, 0.05) is 29.4 Å². The molecule has 0 aromatic carbocycles. The van der Waals surface area contributed by atoms with Crippen molar-refractivity contribution in [1.82, 2.24) is 5.32 Å². The fraction of sp³-hybridized carbons (Fsp3) is 0.833. The van der Waals surface area contributed by atoms with E-state index in [1.165, 1.54) is 0 Å². The smallest absolute Gasteiger partial charge is 0.240 e. The highest BCUT2D eigenvalue weighted by molar-refractivity contribution is 7.84. The summed E-state index contributed by atoms with van der Waals surface area (Å²) in [5.41, 5.74) is -0.904. The summed E-state index contributed by atoms with van der Waals surface area (Å²) in [6.07, 6.45) is 4.37. The topological polar surface area (TPSA) is 70.0 Å². The van der Waals surface area contributed by atoms with Crippen molar-refractivity contribution in [2.45, 2.75) is 39.5 Å². The highest BCUT2D eigenvalue weighted by Crippen LogP contribution is 2.29. The standard InChI is InChI=1S/C12H22N2O2S/c1-4-6-12(10-13,7-5-2)11(15)14-8-9-17(3)16/h4-9H2,1-3H3,(H,14,15). The zero-order valence-electron chi connectivity index (χ0n) is 10.9. The fourth-order valence-electron chi connectivity index (χ4n) is 1.85. The van der Waals surface area contributed by atoms with Gasteiger partial charge >= 0.3 is 0 Å². The summed E-state index contributed by atoms with van der Waals surface area (Å²) in [5.74, 6) is 0.222. The van der Waals surface area contributed by atoms with Gasteiger partial charge in [0.2, 0.25) is 5.91 Å². The van der Waals surface area contributed by atoms with Gasteiger partial charge in [0.1, 0.15) is 5.41 Å². The number of nitrogens with zero attached hydrogens (tertiary/aromatic N) is 1. The Balaban J connectivity index is 4.52. The molecule has 0 heterocycles. The number of carbonyl (C=O) groups excluding carboxylic acids is 1. The molecule has 0 saturated carbocycles. The predicted octanol–water partition coefficient (Wildman–Crippen LogP) is 1.59. The molecule has 1 N–H and O–H groups in total. The van der Waals surface area contributed by atoms with Crippen molar-refractivity contribution in [3.63, 3.8) is 0 Å². The molecule has 0 aromatic rings. The lowest BCUT2D eigenvalue weighted by molar-refractivity contribution is -0.128. The lowest BCUT2D eigenvalue weighted by Gasteiger charge is -2.24. The number of hydrogen-bond acceptors (Lipinski definition) is 3. The second-order valence-electron chi connectivity index (χ2n) is 4.23. The van der Waals surface area contributed by atoms with Crippen LogP contribution in [0, 0.1) is 16.7 Å². The van der Waals surface area contributed by atoms with Gasteiger partial charge in [0.25, 0.3) is 0 Å². The monoisotopic (exact) mass is 258 g/mol. The molecular weight excluding hydrogens is 236 g/mol. The molecule has 0 saturated heterocycles. The van der Waals surface area contributed by atoms with Crippen molar-refractivity contribution in [2.24, 2.45) is 5.41 Å². The summed E-state index contributed by atoms with van der Waals surface area (Å²) < 4.78 is 10.9. The van der Waals surface area contributed by atoms with Gasteiger partial charge in [-0.1, -0.05) is 26.7 Å². The zero-order chi connectivity index (χ0) is 13.3. The minimum atomic E-state index is -0.916. The summed E-state index contributed by atoms with van der Waals surface area (Å²) in [6.45, 7) is 4.31. The number of hydrogen-bond donors (Lipinski definition) is 1. The molecule has 1 amide bonds. The van der Waals surface area contributed by atoms with Gasteiger partial charge in [-0.15, -0.1) is 0 Å². The fourth-order valence-corrected chi connectivity index (χ4v) is 2.24. The molecule has 0 aromatic heterocycles. The molecule has 0 aliphatic carbocycles. The predicted molar refractivity (Wildman–Crippen MR) is 69.8 cm³/mol. The van der Waals surface area contributed by atoms with Crippen LogP contribution in [0.15, 0.2) is 0 Å². The summed E-state index contributed by atoms with van der Waals surface area (Å²) in [4.78, 5) is 12.0. The molecule has 5 heteroatoms. The van der Waals surface area contributed by atoms with E-state index in [1.54, 1.807) is 6.26 Å². The second kappa shape index (κ2) is 8.24. The van der Waals surface area contributed by atoms with E-state index in [1.807, 2.05) is 13.8 Å². The van der Waals surface area contributed by atoms with Crippen molar-refractivity contribution < 1.29 is 9.00 Å². The minimum absolute atomic E-state index is 0.214. The Kier molecular flexibility index (Phi) is 7.81. The number of carbonyl (C=O) groups is 1. The average Bonchev–Trinajstić information content (AvgIpc) is 2.27. The second-order valence-corrected chi connectivity index (χ2v) is 5.78. The Bertz CT molecular complexity index is 304. The van der Waals surface area contributed by atoms with Crippen LogP contribution in [0.2, 0.25) is 0 Å². The van der Waals surface area contributed by atoms with Crippen molar-refractivity contribution in [3.8, 4) is 6.07 Å². The first kappa shape index (κ1) is 16.1. The van der Waals surface area contributed by atoms with E-state index in [9.17, 15) is 14.3 Å². The Labute approximate surface area is 106 Å². The van der Waals surface area contributed by atoms with Crippen LogP contribution < -0.4 is 5.32 Å². The maximum atomic E-state index is 12.0. The minimum Gasteiger partial charge on any atom is -0.354 e. The lowest BCUT2D eigenvalue weighted by atomic mass is 9.80. The van der Waals surface area contributed by atoms with E-state index in [0.717, 1.165) is 12.8 Å². The van der Waals surface area contributed by atoms with E-state index in [0.29, 0.717) is 25.1 Å². The van der Waals surface area contributed by atoms with E-state index in [2.05, 4.69) is 11.4 Å². The third-order valence-electron chi connectivity index (χ3n) is 2.68. The third-order valence-corrected chi connectivity index (χ3v) is 3.46. The molecule has 0 radical (unpaired) electrons. The van der Waals surface area contributed by atoms with Crippen LogP contribution in [-0.2, 0) is 15.6 Å². The van der Waals surface area contributed by atoms with Gasteiger partial charge in [0.15, 0.2) is 0 Å². The summed E-state index contributed by atoms with van der Waals surface area (Å²) in [7, 11) is -0.916. The van der Waals surface area contributed by atoms with Gasteiger partial charge < -0.3 is 5.32 Å². The van der Waals surface area contributed by atoms with Crippen molar-refractivity contribution in [3.05, 3.63) is 0 Å². The van der Waals surface area contributed by atoms with Gasteiger partial charge in [-0.2, -0.15) is 5.26 Å². The third kappa shape index (κ3) is 5.31. The maximum absolute atomic E-state index is 12.0. The number of nitriles is 1. The van der Waals surface area contributed by atoms with Crippen LogP contribution in [0.1, 0.15) is 39.5 Å². The Hall–Kier alpha value is -0.890. The van der Waals surface area contributed by atoms with Gasteiger partial charge in [-0.3, -0.25) is 9.00 Å². The van der Waals surface area contributed by atoms with Crippen LogP contribution >= 0.6 is 0 Å². The average molecular weight is 258 g/mol. The Morgan fingerprint density at radius 2 is 1.88 bits per heavy atom. The van der Waals surface area contributed by atoms with Crippen LogP contribution in [0.3, 0.4) is 0 Å². The first-order chi connectivity index (χ1) is 8.02. The molecular formula is C12H22N2O2S. The molecule has 1 unspecified atom stereocenters. The summed E-state index contributed by atoms with van der Waals surface area (Å²) in [6, 6.07) is 2.17. The van der Waals surface area contributed by atoms with Gasteiger partial charge in [-0.25, -0.2) is 0 Å². The molecule has 0 aliphatic rings. The number of nitrogens with one attached hydrogen (secondary N) is 1. The zero-order valence-corrected chi connectivity index (χ0v) is 11.7. The molecule has 0 aliphatic heterocycles. The van der Waals surface area contributed by atoms with E-state index in [-0.39, 0.29) is 5.91 Å². The SMILES string of the molecule is CCCC(C#N)(CCC)C(=O)NCCS(C)=O. The molecule has 17 heavy (non-hydrogen) atoms. The number of amides is 1. The maximum Gasteiger partial charge on any atom is 0.240 e. The van der Waals surface area contributed by atoms with Gasteiger partial charge in [-0.05, 0) is 12.8 Å². The quantitative estimate of drug-likeness (QED) is 0.718. The molecule has 0 fully saturated rings. The van der Waals surface area contributed by atoms with Crippen LogP contribution in [0.5, 0.6) is 0 Å². The summed E-state index contributed by atoms with van der Waals surface area (Å²) in [5, 5.41) is 12.0. The highest BCUT2D eigenvalue weighted by atomic mass is 32.2. The Morgan fingerprint density at radius 3 is 2.24 bits per heavy atom. The van der Waals surface area contributed by atoms with Crippen LogP contribution in [0.25, 0.3) is 0 Å². The molecule has 1 atom stereocenters. The molecule has 4 nitrogen and oxygen atoms in total. The number of rotatable bonds is 8. The largest absolute Gasteiger partial charge is 0.354 e. The van der Waals surface area contributed by atoms with E-state index >= 15 is 0 Å². The molecule has 0 rings (SSSR count). The Morgan fingerprint density at radius 1 is 1.35 bits per heavy atom. The van der Waals surface area contributed by atoms with E-state index < -0.39 is 16.2 Å². The first-order valence-electron chi connectivity index (χ1n) is 6.02. The lowest BCUT2D eigenvalue weighted by Crippen LogP contribution is -2.41. The molecule has 0 bridgehead atoms. The highest BCUT2D eigenvalue weighted by Gasteiger charge is 2.36. The van der Waals surface area contributed by atoms with Crippen molar-refractivity contribution in [2.75, 3.05) is 18.6 Å². The van der Waals surface area contributed by atoms with Crippen LogP contribution in [-0.4, -0.2) is 28.7 Å². The normalized spacial score (nSPS) is 12.8. The van der Waals surface area contributed by atoms with Crippen LogP contribution in [0.4, 0.5) is 0 Å². The van der Waals surface area contributed by atoms with Gasteiger partial charge in [0.05, 0.1) is 6.07 Å². The van der Waals surface area contributed by atoms with E-state index in [4.69, 9.17) is 0 Å². The van der Waals surface area contributed by atoms with Crippen molar-refractivity contribution in [1.29, 1.82) is 5.26 Å². The van der Waals surface area contributed by atoms with Crippen molar-refractivity contribution >= 4 is 16.7 Å². The molecule has 0 spiro atoms. The molecule has 98 valence electrons. The first-order valence-corrected chi connectivity index (χ1v) is 7.74. The summed E-state index contributed by atoms with van der Waals surface area (Å²) >= 11 is 0.